The summed E-state index contributed by atoms with van der Waals surface area (Å²) in [5, 5.41) is 0. The van der Waals surface area contributed by atoms with Crippen LogP contribution in [0, 0.1) is 0 Å². The van der Waals surface area contributed by atoms with Gasteiger partial charge >= 0.3 is 1.43 Å². The average molecular weight is 119 g/mol. The van der Waals surface area contributed by atoms with Crippen molar-refractivity contribution >= 4 is 6.21 Å². The van der Waals surface area contributed by atoms with Gasteiger partial charge in [0, 0.05) is 24.2 Å². The summed E-state index contributed by atoms with van der Waals surface area (Å²) >= 11 is 0. The Bertz CT molecular complexity index is 258. The molecule has 2 rings (SSSR count). The number of fused-ring (bicyclic) bond motifs is 1. The highest BCUT2D eigenvalue weighted by molar-refractivity contribution is 5.83. The minimum Gasteiger partial charge on any atom is -0.288 e. The van der Waals surface area contributed by atoms with Crippen molar-refractivity contribution in [3.05, 3.63) is 29.6 Å². The van der Waals surface area contributed by atoms with Crippen LogP contribution in [0.1, 0.15) is 12.6 Å². The molecule has 0 saturated heterocycles. The van der Waals surface area contributed by atoms with E-state index in [0.29, 0.717) is 0 Å². The number of aromatic nitrogens is 1. The maximum absolute atomic E-state index is 4.09. The second kappa shape index (κ2) is 1.65. The Balaban J connectivity index is 0.000000500. The first kappa shape index (κ1) is 4.68. The fourth-order valence-electron chi connectivity index (χ4n) is 0.938. The Kier molecular flexibility index (Phi) is 0.859. The zero-order valence-corrected chi connectivity index (χ0v) is 4.91. The minimum atomic E-state index is 0. The predicted octanol–water partition coefficient (Wildman–Crippen LogP) is 1.13. The second-order valence-electron chi connectivity index (χ2n) is 2.04. The molecule has 0 unspecified atom stereocenters. The second-order valence-corrected chi connectivity index (χ2v) is 2.04. The lowest BCUT2D eigenvalue weighted by Gasteiger charge is -1.90. The third-order valence-electron chi connectivity index (χ3n) is 1.44. The van der Waals surface area contributed by atoms with Gasteiger partial charge in [-0.25, -0.2) is 0 Å². The minimum absolute atomic E-state index is 0. The summed E-state index contributed by atoms with van der Waals surface area (Å²) in [7, 11) is 0. The topological polar surface area (TPSA) is 25.2 Å². The number of pyridine rings is 1. The molecule has 2 nitrogen and oxygen atoms in total. The zero-order valence-electron chi connectivity index (χ0n) is 5.91. The van der Waals surface area contributed by atoms with Crippen LogP contribution in [0.15, 0.2) is 23.5 Å². The van der Waals surface area contributed by atoms with Crippen LogP contribution >= 0.6 is 0 Å². The SMILES string of the molecule is C1=NCc2ccncc21.[H+]. The van der Waals surface area contributed by atoms with Gasteiger partial charge in [0.05, 0.1) is 6.54 Å². The highest BCUT2D eigenvalue weighted by Crippen LogP contribution is 2.10. The van der Waals surface area contributed by atoms with Gasteiger partial charge in [0.25, 0.3) is 0 Å². The van der Waals surface area contributed by atoms with Gasteiger partial charge in [-0.05, 0) is 11.6 Å². The van der Waals surface area contributed by atoms with Crippen molar-refractivity contribution in [1.29, 1.82) is 0 Å². The van der Waals surface area contributed by atoms with Gasteiger partial charge < -0.3 is 0 Å². The van der Waals surface area contributed by atoms with E-state index < -0.39 is 0 Å². The van der Waals surface area contributed by atoms with Crippen molar-refractivity contribution in [3.8, 4) is 0 Å². The lowest BCUT2D eigenvalue weighted by Crippen LogP contribution is -1.83. The lowest BCUT2D eigenvalue weighted by molar-refractivity contribution is 1.10. The van der Waals surface area contributed by atoms with E-state index in [-0.39, 0.29) is 1.43 Å². The van der Waals surface area contributed by atoms with Crippen molar-refractivity contribution in [1.82, 2.24) is 4.98 Å². The van der Waals surface area contributed by atoms with Gasteiger partial charge in [-0.2, -0.15) is 0 Å². The van der Waals surface area contributed by atoms with E-state index in [4.69, 9.17) is 0 Å². The molecule has 0 atom stereocenters. The Hall–Kier alpha value is -1.18. The molecule has 0 aliphatic carbocycles. The molecular weight excluding hydrogens is 112 g/mol. The van der Waals surface area contributed by atoms with E-state index >= 15 is 0 Å². The molecule has 2 heteroatoms. The molecule has 0 fully saturated rings. The van der Waals surface area contributed by atoms with Crippen molar-refractivity contribution in [3.63, 3.8) is 0 Å². The molecule has 2 heterocycles. The highest BCUT2D eigenvalue weighted by atomic mass is 14.7. The average Bonchev–Trinajstić information content (AvgIpc) is 2.33. The molecular formula is C7H7N2+. The Labute approximate surface area is 54.8 Å². The van der Waals surface area contributed by atoms with Crippen molar-refractivity contribution in [2.75, 3.05) is 0 Å². The Morgan fingerprint density at radius 1 is 1.56 bits per heavy atom. The summed E-state index contributed by atoms with van der Waals surface area (Å²) in [5.74, 6) is 0. The summed E-state index contributed by atoms with van der Waals surface area (Å²) in [5.41, 5.74) is 2.45. The number of rotatable bonds is 0. The van der Waals surface area contributed by atoms with Crippen molar-refractivity contribution in [2.24, 2.45) is 4.99 Å². The first-order valence-corrected chi connectivity index (χ1v) is 2.89. The van der Waals surface area contributed by atoms with Crippen LogP contribution < -0.4 is 0 Å². The number of hydrogen-bond donors (Lipinski definition) is 0. The molecule has 0 bridgehead atoms. The van der Waals surface area contributed by atoms with Gasteiger partial charge in [0.15, 0.2) is 0 Å². The van der Waals surface area contributed by atoms with Crippen LogP contribution in [0.2, 0.25) is 0 Å². The molecule has 44 valence electrons. The molecule has 0 amide bonds. The number of aliphatic imine (C=N–C) groups is 1. The number of hydrogen-bond acceptors (Lipinski definition) is 2. The lowest BCUT2D eigenvalue weighted by atomic mass is 10.2. The van der Waals surface area contributed by atoms with Gasteiger partial charge in [-0.3, -0.25) is 9.98 Å². The van der Waals surface area contributed by atoms with Crippen LogP contribution in [0.3, 0.4) is 0 Å². The molecule has 0 spiro atoms. The summed E-state index contributed by atoms with van der Waals surface area (Å²) < 4.78 is 0. The van der Waals surface area contributed by atoms with E-state index in [9.17, 15) is 0 Å². The van der Waals surface area contributed by atoms with Crippen LogP contribution in [0.25, 0.3) is 0 Å². The van der Waals surface area contributed by atoms with Crippen molar-refractivity contribution in [2.45, 2.75) is 6.54 Å². The molecule has 9 heavy (non-hydrogen) atoms. The van der Waals surface area contributed by atoms with Crippen LogP contribution in [-0.2, 0) is 6.54 Å². The van der Waals surface area contributed by atoms with Gasteiger partial charge in [0.2, 0.25) is 0 Å². The zero-order chi connectivity index (χ0) is 6.10. The molecule has 1 aliphatic rings. The third-order valence-corrected chi connectivity index (χ3v) is 1.44. The normalized spacial score (nSPS) is 13.8. The van der Waals surface area contributed by atoms with Crippen LogP contribution in [0.5, 0.6) is 0 Å². The summed E-state index contributed by atoms with van der Waals surface area (Å²) in [4.78, 5) is 8.05. The number of nitrogens with zero attached hydrogens (tertiary/aromatic N) is 2. The quantitative estimate of drug-likeness (QED) is 0.502. The summed E-state index contributed by atoms with van der Waals surface area (Å²) in [6.45, 7) is 0.831. The molecule has 0 radical (unpaired) electrons. The molecule has 1 aliphatic heterocycles. The third kappa shape index (κ3) is 0.633. The van der Waals surface area contributed by atoms with Gasteiger partial charge in [-0.1, -0.05) is 0 Å². The Morgan fingerprint density at radius 2 is 2.56 bits per heavy atom. The van der Waals surface area contributed by atoms with E-state index in [1.807, 2.05) is 18.5 Å². The predicted molar refractivity (Wildman–Crippen MR) is 36.6 cm³/mol. The van der Waals surface area contributed by atoms with Crippen molar-refractivity contribution < 1.29 is 1.43 Å². The first-order chi connectivity index (χ1) is 4.47. The molecule has 0 aromatic carbocycles. The smallest absolute Gasteiger partial charge is 0.288 e. The largest absolute Gasteiger partial charge is 1.00 e. The van der Waals surface area contributed by atoms with Gasteiger partial charge in [-0.15, -0.1) is 0 Å². The maximum Gasteiger partial charge on any atom is 1.00 e. The van der Waals surface area contributed by atoms with Crippen LogP contribution in [-0.4, -0.2) is 11.2 Å². The summed E-state index contributed by atoms with van der Waals surface area (Å²) in [6.07, 6.45) is 5.50. The first-order valence-electron chi connectivity index (χ1n) is 2.89. The van der Waals surface area contributed by atoms with E-state index in [2.05, 4.69) is 9.98 Å². The summed E-state index contributed by atoms with van der Waals surface area (Å²) in [6, 6.07) is 2.00. The van der Waals surface area contributed by atoms with E-state index in [1.54, 1.807) is 6.20 Å². The standard InChI is InChI=1S/C7H6N2/c1-2-8-4-7-5-9-3-6(1)7/h1-2,4-5H,3H2/p+1. The monoisotopic (exact) mass is 119 g/mol. The van der Waals surface area contributed by atoms with Crippen LogP contribution in [0.4, 0.5) is 0 Å². The van der Waals surface area contributed by atoms with Gasteiger partial charge in [0.1, 0.15) is 0 Å². The molecule has 0 N–H and O–H groups in total. The molecule has 1 aromatic heterocycles. The molecule has 1 aromatic rings. The maximum atomic E-state index is 4.09. The molecule has 0 saturated carbocycles. The van der Waals surface area contributed by atoms with E-state index in [0.717, 1.165) is 12.1 Å². The highest BCUT2D eigenvalue weighted by Gasteiger charge is 2.02. The van der Waals surface area contributed by atoms with E-state index in [1.165, 1.54) is 5.56 Å². The fourth-order valence-corrected chi connectivity index (χ4v) is 0.938. The Morgan fingerprint density at radius 3 is 3.44 bits per heavy atom. The fraction of sp³-hybridized carbons (Fsp3) is 0.143.